The van der Waals surface area contributed by atoms with Crippen molar-refractivity contribution in [3.05, 3.63) is 18.2 Å². The van der Waals surface area contributed by atoms with Crippen LogP contribution >= 0.6 is 0 Å². The minimum absolute atomic E-state index is 0. The largest absolute Gasteiger partial charge is 0.497 e. The number of anilines is 2. The van der Waals surface area contributed by atoms with Gasteiger partial charge in [-0.25, -0.2) is 0 Å². The molecule has 0 amide bonds. The summed E-state index contributed by atoms with van der Waals surface area (Å²) in [6.07, 6.45) is 6.91. The van der Waals surface area contributed by atoms with Gasteiger partial charge in [-0.2, -0.15) is 0 Å². The molecule has 1 aromatic rings. The lowest BCUT2D eigenvalue weighted by atomic mass is 9.94. The molecule has 0 bridgehead atoms. The highest BCUT2D eigenvalue weighted by Gasteiger charge is 2.26. The summed E-state index contributed by atoms with van der Waals surface area (Å²) in [6, 6.07) is 6.51. The number of nitrogens with zero attached hydrogens (tertiary/aromatic N) is 2. The Morgan fingerprint density at radius 3 is 2.39 bits per heavy atom. The summed E-state index contributed by atoms with van der Waals surface area (Å²) >= 11 is 0. The van der Waals surface area contributed by atoms with Crippen LogP contribution < -0.4 is 15.1 Å². The summed E-state index contributed by atoms with van der Waals surface area (Å²) < 4.78 is 5.31. The van der Waals surface area contributed by atoms with Crippen molar-refractivity contribution in [2.24, 2.45) is 0 Å². The topological polar surface area (TPSA) is 79.5 Å². The first-order valence-corrected chi connectivity index (χ1v) is 8.39. The highest BCUT2D eigenvalue weighted by atomic mass is 16.5. The van der Waals surface area contributed by atoms with Crippen molar-refractivity contribution >= 4 is 11.4 Å². The van der Waals surface area contributed by atoms with Crippen molar-refractivity contribution in [3.63, 3.8) is 0 Å². The Bertz CT molecular complexity index is 484. The Hall–Kier alpha value is -1.50. The second-order valence-electron chi connectivity index (χ2n) is 6.31. The maximum Gasteiger partial charge on any atom is 0.121 e. The normalized spacial score (nSPS) is 20.0. The van der Waals surface area contributed by atoms with E-state index in [4.69, 9.17) is 4.74 Å². The molecule has 1 aliphatic carbocycles. The summed E-state index contributed by atoms with van der Waals surface area (Å²) in [5.74, 6) is 0.823. The number of ether oxygens (including phenoxy) is 1. The molecule has 2 fully saturated rings. The third-order valence-corrected chi connectivity index (χ3v) is 5.07. The molecule has 1 aliphatic heterocycles. The zero-order valence-corrected chi connectivity index (χ0v) is 13.9. The van der Waals surface area contributed by atoms with E-state index >= 15 is 0 Å². The summed E-state index contributed by atoms with van der Waals surface area (Å²) in [7, 11) is 1.67. The minimum Gasteiger partial charge on any atom is -0.497 e. The van der Waals surface area contributed by atoms with Crippen LogP contribution in [0.4, 0.5) is 11.4 Å². The van der Waals surface area contributed by atoms with Crippen LogP contribution in [-0.2, 0) is 0 Å². The van der Waals surface area contributed by atoms with Gasteiger partial charge in [0, 0.05) is 38.3 Å². The smallest absolute Gasteiger partial charge is 0.121 e. The van der Waals surface area contributed by atoms with Crippen LogP contribution in [0.3, 0.4) is 0 Å². The van der Waals surface area contributed by atoms with E-state index < -0.39 is 0 Å². The Balaban J connectivity index is 0.00000192. The van der Waals surface area contributed by atoms with Crippen molar-refractivity contribution in [2.45, 2.75) is 38.1 Å². The van der Waals surface area contributed by atoms with Crippen molar-refractivity contribution in [2.75, 3.05) is 43.7 Å². The third-order valence-electron chi connectivity index (χ3n) is 5.07. The average molecular weight is 323 g/mol. The van der Waals surface area contributed by atoms with E-state index in [0.29, 0.717) is 0 Å². The number of hydrogen-bond donors (Lipinski definition) is 2. The zero-order chi connectivity index (χ0) is 15.4. The second-order valence-corrected chi connectivity index (χ2v) is 6.31. The summed E-state index contributed by atoms with van der Waals surface area (Å²) in [4.78, 5) is 4.99. The molecule has 0 aromatic heterocycles. The fraction of sp³-hybridized carbons (Fsp3) is 0.647. The van der Waals surface area contributed by atoms with Gasteiger partial charge in [-0.15, -0.1) is 0 Å². The van der Waals surface area contributed by atoms with Crippen LogP contribution in [0.2, 0.25) is 0 Å². The number of nitrogens with one attached hydrogen (secondary N) is 1. The molecule has 0 unspecified atom stereocenters. The van der Waals surface area contributed by atoms with Crippen LogP contribution in [0.25, 0.3) is 0 Å². The Labute approximate surface area is 138 Å². The van der Waals surface area contributed by atoms with Gasteiger partial charge in [-0.05, 0) is 25.0 Å². The molecule has 4 N–H and O–H groups in total. The van der Waals surface area contributed by atoms with Crippen molar-refractivity contribution in [3.8, 4) is 5.75 Å². The maximum absolute atomic E-state index is 9.34. The molecule has 0 spiro atoms. The lowest BCUT2D eigenvalue weighted by Crippen LogP contribution is -2.51. The SMILES string of the molecule is COc1ccc(NO)c(N2CCN(C3CCCCC3)CC2)c1.O. The van der Waals surface area contributed by atoms with Crippen LogP contribution in [0, 0.1) is 0 Å². The third kappa shape index (κ3) is 4.07. The van der Waals surface area contributed by atoms with Gasteiger partial charge in [0.15, 0.2) is 0 Å². The van der Waals surface area contributed by atoms with E-state index in [-0.39, 0.29) is 5.48 Å². The van der Waals surface area contributed by atoms with E-state index in [9.17, 15) is 5.21 Å². The first kappa shape index (κ1) is 17.8. The molecule has 6 heteroatoms. The van der Waals surface area contributed by atoms with Gasteiger partial charge in [0.05, 0.1) is 18.5 Å². The van der Waals surface area contributed by atoms with E-state index in [0.717, 1.165) is 49.3 Å². The van der Waals surface area contributed by atoms with Gasteiger partial charge in [-0.3, -0.25) is 15.6 Å². The monoisotopic (exact) mass is 323 g/mol. The molecule has 23 heavy (non-hydrogen) atoms. The Morgan fingerprint density at radius 2 is 1.78 bits per heavy atom. The first-order chi connectivity index (χ1) is 10.8. The molecular formula is C17H29N3O3. The molecule has 130 valence electrons. The molecule has 1 saturated carbocycles. The summed E-state index contributed by atoms with van der Waals surface area (Å²) in [5.41, 5.74) is 4.07. The number of benzene rings is 1. The molecule has 1 aromatic carbocycles. The van der Waals surface area contributed by atoms with Gasteiger partial charge in [0.1, 0.15) is 5.75 Å². The van der Waals surface area contributed by atoms with Gasteiger partial charge in [0.25, 0.3) is 0 Å². The number of methoxy groups -OCH3 is 1. The van der Waals surface area contributed by atoms with Crippen LogP contribution in [0.1, 0.15) is 32.1 Å². The first-order valence-electron chi connectivity index (χ1n) is 8.39. The molecule has 1 heterocycles. The fourth-order valence-corrected chi connectivity index (χ4v) is 3.77. The fourth-order valence-electron chi connectivity index (χ4n) is 3.77. The molecule has 3 rings (SSSR count). The number of rotatable bonds is 4. The lowest BCUT2D eigenvalue weighted by Gasteiger charge is -2.42. The average Bonchev–Trinajstić information content (AvgIpc) is 2.62. The van der Waals surface area contributed by atoms with Crippen LogP contribution in [-0.4, -0.2) is 54.9 Å². The predicted molar refractivity (Wildman–Crippen MR) is 92.7 cm³/mol. The molecule has 6 nitrogen and oxygen atoms in total. The van der Waals surface area contributed by atoms with Gasteiger partial charge in [0.2, 0.25) is 0 Å². The van der Waals surface area contributed by atoms with E-state index in [1.165, 1.54) is 32.1 Å². The summed E-state index contributed by atoms with van der Waals surface area (Å²) in [6.45, 7) is 4.20. The predicted octanol–water partition coefficient (Wildman–Crippen LogP) is 2.13. The highest BCUT2D eigenvalue weighted by Crippen LogP contribution is 2.32. The summed E-state index contributed by atoms with van der Waals surface area (Å²) in [5, 5.41) is 9.34. The van der Waals surface area contributed by atoms with E-state index in [1.807, 2.05) is 18.2 Å². The molecule has 1 saturated heterocycles. The Kier molecular flexibility index (Phi) is 6.50. The van der Waals surface area contributed by atoms with E-state index in [2.05, 4.69) is 15.3 Å². The van der Waals surface area contributed by atoms with Gasteiger partial charge >= 0.3 is 0 Å². The lowest BCUT2D eigenvalue weighted by molar-refractivity contribution is 0.148. The highest BCUT2D eigenvalue weighted by molar-refractivity contribution is 5.71. The molecular weight excluding hydrogens is 294 g/mol. The zero-order valence-electron chi connectivity index (χ0n) is 13.9. The van der Waals surface area contributed by atoms with Crippen LogP contribution in [0.5, 0.6) is 5.75 Å². The molecule has 0 atom stereocenters. The molecule has 0 radical (unpaired) electrons. The van der Waals surface area contributed by atoms with Crippen molar-refractivity contribution in [1.82, 2.24) is 4.90 Å². The van der Waals surface area contributed by atoms with Crippen molar-refractivity contribution in [1.29, 1.82) is 0 Å². The van der Waals surface area contributed by atoms with Crippen molar-refractivity contribution < 1.29 is 15.4 Å². The van der Waals surface area contributed by atoms with Crippen LogP contribution in [0.15, 0.2) is 18.2 Å². The van der Waals surface area contributed by atoms with Gasteiger partial charge < -0.3 is 15.1 Å². The van der Waals surface area contributed by atoms with Gasteiger partial charge in [-0.1, -0.05) is 19.3 Å². The van der Waals surface area contributed by atoms with E-state index in [1.54, 1.807) is 7.11 Å². The minimum atomic E-state index is 0. The Morgan fingerprint density at radius 1 is 1.09 bits per heavy atom. The quantitative estimate of drug-likeness (QED) is 0.830. The number of piperazine rings is 1. The molecule has 2 aliphatic rings. The number of hydrogen-bond acceptors (Lipinski definition) is 5. The maximum atomic E-state index is 9.34. The second kappa shape index (κ2) is 8.38. The standard InChI is InChI=1S/C17H27N3O2.H2O/c1-22-15-7-8-16(18-21)17(13-15)20-11-9-19(10-12-20)14-5-3-2-4-6-14;/h7-8,13-14,18,21H,2-6,9-12H2,1H3;1H2.